The molecule has 0 bridgehead atoms. The molecular formula is C16H17FN2. The number of H-pyrrole nitrogens is 1. The van der Waals surface area contributed by atoms with Crippen molar-refractivity contribution in [3.8, 4) is 11.3 Å². The van der Waals surface area contributed by atoms with E-state index in [9.17, 15) is 4.39 Å². The molecule has 3 heteroatoms. The predicted octanol–water partition coefficient (Wildman–Crippen LogP) is 4.43. The highest BCUT2D eigenvalue weighted by Crippen LogP contribution is 2.30. The van der Waals surface area contributed by atoms with Crippen molar-refractivity contribution >= 4 is 11.9 Å². The smallest absolute Gasteiger partial charge is 0.123 e. The van der Waals surface area contributed by atoms with E-state index in [1.807, 2.05) is 0 Å². The molecular weight excluding hydrogens is 239 g/mol. The minimum atomic E-state index is -0.205. The minimum absolute atomic E-state index is 0.205. The lowest BCUT2D eigenvalue weighted by molar-refractivity contribution is 0.628. The lowest BCUT2D eigenvalue weighted by Gasteiger charge is -2.14. The number of hydrogen-bond donors (Lipinski definition) is 2. The number of fused-ring (bicyclic) bond motifs is 1. The number of nitrogens with one attached hydrogen (secondary N) is 2. The Kier molecular flexibility index (Phi) is 3.11. The third kappa shape index (κ3) is 2.41. The summed E-state index contributed by atoms with van der Waals surface area (Å²) < 4.78 is 12.9. The molecule has 0 saturated heterocycles. The average Bonchev–Trinajstić information content (AvgIpc) is 2.83. The highest BCUT2D eigenvalue weighted by Gasteiger charge is 2.13. The Bertz CT molecular complexity index is 608. The van der Waals surface area contributed by atoms with Gasteiger partial charge in [0.2, 0.25) is 0 Å². The van der Waals surface area contributed by atoms with Crippen molar-refractivity contribution in [1.82, 2.24) is 4.98 Å². The summed E-state index contributed by atoms with van der Waals surface area (Å²) in [6, 6.07) is 8.68. The summed E-state index contributed by atoms with van der Waals surface area (Å²) in [4.78, 5) is 3.35. The van der Waals surface area contributed by atoms with Crippen molar-refractivity contribution in [2.75, 3.05) is 11.9 Å². The molecule has 0 amide bonds. The van der Waals surface area contributed by atoms with Crippen molar-refractivity contribution in [1.29, 1.82) is 0 Å². The molecule has 2 heterocycles. The largest absolute Gasteiger partial charge is 0.367 e. The van der Waals surface area contributed by atoms with E-state index in [1.54, 1.807) is 12.1 Å². The van der Waals surface area contributed by atoms with E-state index in [0.717, 1.165) is 36.5 Å². The van der Waals surface area contributed by atoms with Gasteiger partial charge >= 0.3 is 0 Å². The van der Waals surface area contributed by atoms with Crippen LogP contribution in [0.15, 0.2) is 35.9 Å². The van der Waals surface area contributed by atoms with E-state index in [0.29, 0.717) is 0 Å². The van der Waals surface area contributed by atoms with Crippen molar-refractivity contribution < 1.29 is 4.39 Å². The zero-order valence-corrected chi connectivity index (χ0v) is 11.0. The van der Waals surface area contributed by atoms with Gasteiger partial charge in [-0.3, -0.25) is 0 Å². The molecule has 2 N–H and O–H groups in total. The lowest BCUT2D eigenvalue weighted by atomic mass is 10.0. The number of aromatic nitrogens is 1. The Morgan fingerprint density at radius 1 is 1.21 bits per heavy atom. The summed E-state index contributed by atoms with van der Waals surface area (Å²) in [6.45, 7) is 3.10. The highest BCUT2D eigenvalue weighted by molar-refractivity contribution is 5.76. The third-order valence-corrected chi connectivity index (χ3v) is 3.43. The van der Waals surface area contributed by atoms with Crippen LogP contribution < -0.4 is 5.32 Å². The number of halogens is 1. The molecule has 1 aliphatic heterocycles. The maximum absolute atomic E-state index is 12.9. The van der Waals surface area contributed by atoms with Crippen LogP contribution in [0.3, 0.4) is 0 Å². The van der Waals surface area contributed by atoms with Gasteiger partial charge in [0, 0.05) is 17.8 Å². The Hall–Kier alpha value is -2.03. The zero-order chi connectivity index (χ0) is 13.2. The molecule has 2 nitrogen and oxygen atoms in total. The number of benzene rings is 1. The second kappa shape index (κ2) is 4.92. The first-order valence-electron chi connectivity index (χ1n) is 6.68. The first-order valence-corrected chi connectivity index (χ1v) is 6.68. The molecule has 0 spiro atoms. The van der Waals surface area contributed by atoms with E-state index in [-0.39, 0.29) is 5.82 Å². The standard InChI is InChI=1S/C16H17FN2/c1-2-3-11-8-13-9-15(19-16(13)18-10-11)12-4-6-14(17)7-5-12/h4-9,18-19H,2-3,10H2,1H3. The van der Waals surface area contributed by atoms with Crippen molar-refractivity contribution in [2.45, 2.75) is 19.8 Å². The summed E-state index contributed by atoms with van der Waals surface area (Å²) in [5.41, 5.74) is 4.64. The van der Waals surface area contributed by atoms with Crippen LogP contribution in [0.25, 0.3) is 17.3 Å². The molecule has 2 aromatic rings. The van der Waals surface area contributed by atoms with Gasteiger partial charge in [-0.1, -0.05) is 25.0 Å². The molecule has 0 radical (unpaired) electrons. The van der Waals surface area contributed by atoms with Gasteiger partial charge in [-0.25, -0.2) is 4.39 Å². The van der Waals surface area contributed by atoms with Gasteiger partial charge in [-0.2, -0.15) is 0 Å². The molecule has 0 aliphatic carbocycles. The normalized spacial score (nSPS) is 13.7. The molecule has 19 heavy (non-hydrogen) atoms. The Labute approximate surface area is 112 Å². The molecule has 0 saturated carbocycles. The molecule has 1 aliphatic rings. The van der Waals surface area contributed by atoms with Crippen LogP contribution in [0.1, 0.15) is 25.3 Å². The molecule has 0 atom stereocenters. The van der Waals surface area contributed by atoms with Crippen molar-refractivity contribution in [3.63, 3.8) is 0 Å². The second-order valence-electron chi connectivity index (χ2n) is 4.93. The summed E-state index contributed by atoms with van der Waals surface area (Å²) in [6.07, 6.45) is 4.54. The SMILES string of the molecule is CCCC1=Cc2cc(-c3ccc(F)cc3)[nH]c2NC1. The van der Waals surface area contributed by atoms with Crippen LogP contribution in [0.5, 0.6) is 0 Å². The molecule has 3 rings (SSSR count). The summed E-state index contributed by atoms with van der Waals surface area (Å²) in [5, 5.41) is 3.40. The van der Waals surface area contributed by atoms with Crippen molar-refractivity contribution in [3.05, 3.63) is 47.3 Å². The summed E-state index contributed by atoms with van der Waals surface area (Å²) in [7, 11) is 0. The van der Waals surface area contributed by atoms with Crippen LogP contribution in [-0.2, 0) is 0 Å². The average molecular weight is 256 g/mol. The summed E-state index contributed by atoms with van der Waals surface area (Å²) >= 11 is 0. The van der Waals surface area contributed by atoms with Crippen LogP contribution in [0.2, 0.25) is 0 Å². The van der Waals surface area contributed by atoms with Crippen LogP contribution in [0.4, 0.5) is 10.2 Å². The van der Waals surface area contributed by atoms with Crippen LogP contribution in [-0.4, -0.2) is 11.5 Å². The van der Waals surface area contributed by atoms with E-state index < -0.39 is 0 Å². The van der Waals surface area contributed by atoms with Crippen molar-refractivity contribution in [2.24, 2.45) is 0 Å². The molecule has 1 aromatic heterocycles. The zero-order valence-electron chi connectivity index (χ0n) is 11.0. The quantitative estimate of drug-likeness (QED) is 0.835. The van der Waals surface area contributed by atoms with Crippen LogP contribution >= 0.6 is 0 Å². The van der Waals surface area contributed by atoms with Gasteiger partial charge in [0.05, 0.1) is 0 Å². The Morgan fingerprint density at radius 3 is 2.74 bits per heavy atom. The highest BCUT2D eigenvalue weighted by atomic mass is 19.1. The molecule has 0 unspecified atom stereocenters. The fraction of sp³-hybridized carbons (Fsp3) is 0.250. The first kappa shape index (κ1) is 12.0. The maximum Gasteiger partial charge on any atom is 0.123 e. The Balaban J connectivity index is 1.93. The van der Waals surface area contributed by atoms with E-state index >= 15 is 0 Å². The van der Waals surface area contributed by atoms with Gasteiger partial charge < -0.3 is 10.3 Å². The van der Waals surface area contributed by atoms with Gasteiger partial charge in [-0.15, -0.1) is 0 Å². The molecule has 1 aromatic carbocycles. The monoisotopic (exact) mass is 256 g/mol. The molecule has 98 valence electrons. The first-order chi connectivity index (χ1) is 9.26. The molecule has 0 fully saturated rings. The fourth-order valence-corrected chi connectivity index (χ4v) is 2.47. The van der Waals surface area contributed by atoms with E-state index in [4.69, 9.17) is 0 Å². The Morgan fingerprint density at radius 2 is 2.00 bits per heavy atom. The maximum atomic E-state index is 12.9. The number of aromatic amines is 1. The number of anilines is 1. The third-order valence-electron chi connectivity index (χ3n) is 3.43. The van der Waals surface area contributed by atoms with E-state index in [2.05, 4.69) is 29.4 Å². The van der Waals surface area contributed by atoms with Gasteiger partial charge in [-0.05, 0) is 42.3 Å². The minimum Gasteiger partial charge on any atom is -0.367 e. The van der Waals surface area contributed by atoms with Gasteiger partial charge in [0.1, 0.15) is 11.6 Å². The predicted molar refractivity (Wildman–Crippen MR) is 77.6 cm³/mol. The van der Waals surface area contributed by atoms with Gasteiger partial charge in [0.25, 0.3) is 0 Å². The summed E-state index contributed by atoms with van der Waals surface area (Å²) in [5.74, 6) is 0.850. The number of rotatable bonds is 3. The van der Waals surface area contributed by atoms with Gasteiger partial charge in [0.15, 0.2) is 0 Å². The second-order valence-corrected chi connectivity index (χ2v) is 4.93. The van der Waals surface area contributed by atoms with Crippen LogP contribution in [0, 0.1) is 5.82 Å². The number of hydrogen-bond acceptors (Lipinski definition) is 1. The van der Waals surface area contributed by atoms with E-state index in [1.165, 1.54) is 23.3 Å². The topological polar surface area (TPSA) is 27.8 Å². The fourth-order valence-electron chi connectivity index (χ4n) is 2.47. The lowest BCUT2D eigenvalue weighted by Crippen LogP contribution is -2.09.